The van der Waals surface area contributed by atoms with Gasteiger partial charge in [0.15, 0.2) is 6.61 Å². The number of benzene rings is 1. The molecule has 6 nitrogen and oxygen atoms in total. The second kappa shape index (κ2) is 8.35. The molecule has 0 saturated heterocycles. The zero-order chi connectivity index (χ0) is 19.4. The van der Waals surface area contributed by atoms with E-state index in [1.54, 1.807) is 24.3 Å². The molecule has 1 atom stereocenters. The van der Waals surface area contributed by atoms with Gasteiger partial charge in [-0.05, 0) is 55.0 Å². The number of amides is 2. The molecule has 0 fully saturated rings. The lowest BCUT2D eigenvalue weighted by Gasteiger charge is -2.16. The van der Waals surface area contributed by atoms with E-state index < -0.39 is 11.9 Å². The summed E-state index contributed by atoms with van der Waals surface area (Å²) in [6, 6.07) is 8.44. The molecular formula is C20H22N2O4S. The van der Waals surface area contributed by atoms with Crippen LogP contribution in [0.4, 0.5) is 5.69 Å². The third-order valence-electron chi connectivity index (χ3n) is 4.50. The van der Waals surface area contributed by atoms with E-state index in [1.807, 2.05) is 6.07 Å². The number of fused-ring (bicyclic) bond motifs is 1. The minimum Gasteiger partial charge on any atom is -0.451 e. The fourth-order valence-electron chi connectivity index (χ4n) is 3.09. The first-order valence-corrected chi connectivity index (χ1v) is 9.68. The van der Waals surface area contributed by atoms with Gasteiger partial charge >= 0.3 is 5.97 Å². The molecule has 0 aliphatic heterocycles. The predicted molar refractivity (Wildman–Crippen MR) is 104 cm³/mol. The van der Waals surface area contributed by atoms with Crippen molar-refractivity contribution in [2.45, 2.75) is 26.2 Å². The van der Waals surface area contributed by atoms with Gasteiger partial charge < -0.3 is 15.4 Å². The molecule has 1 aromatic heterocycles. The Morgan fingerprint density at radius 3 is 2.85 bits per heavy atom. The molecule has 0 saturated carbocycles. The third-order valence-corrected chi connectivity index (χ3v) is 5.72. The van der Waals surface area contributed by atoms with Crippen LogP contribution in [0.15, 0.2) is 30.3 Å². The summed E-state index contributed by atoms with van der Waals surface area (Å²) in [6.07, 6.45) is 3.12. The maximum Gasteiger partial charge on any atom is 0.348 e. The van der Waals surface area contributed by atoms with Gasteiger partial charge in [0, 0.05) is 23.2 Å². The van der Waals surface area contributed by atoms with Crippen molar-refractivity contribution in [3.63, 3.8) is 0 Å². The molecular weight excluding hydrogens is 364 g/mol. The monoisotopic (exact) mass is 386 g/mol. The van der Waals surface area contributed by atoms with Crippen LogP contribution in [0.3, 0.4) is 0 Å². The molecule has 2 aromatic rings. The molecule has 0 spiro atoms. The van der Waals surface area contributed by atoms with E-state index in [9.17, 15) is 14.4 Å². The summed E-state index contributed by atoms with van der Waals surface area (Å²) in [5.41, 5.74) is 2.13. The number of carbonyl (C=O) groups excluding carboxylic acids is 3. The molecule has 1 aliphatic rings. The lowest BCUT2D eigenvalue weighted by molar-refractivity contribution is -0.119. The van der Waals surface area contributed by atoms with Crippen molar-refractivity contribution >= 4 is 34.8 Å². The van der Waals surface area contributed by atoms with Gasteiger partial charge in [0.25, 0.3) is 11.8 Å². The number of hydrogen-bond acceptors (Lipinski definition) is 5. The zero-order valence-electron chi connectivity index (χ0n) is 15.3. The number of aryl methyl sites for hydroxylation is 1. The van der Waals surface area contributed by atoms with Crippen molar-refractivity contribution in [1.82, 2.24) is 5.32 Å². The van der Waals surface area contributed by atoms with Crippen LogP contribution < -0.4 is 10.6 Å². The van der Waals surface area contributed by atoms with Crippen molar-refractivity contribution in [3.8, 4) is 0 Å². The SMILES string of the molecule is CNC(=O)c1cccc(NC(=O)COC(=O)c2cc3c(s2)CC[C@H](C)C3)c1. The van der Waals surface area contributed by atoms with Gasteiger partial charge in [0.2, 0.25) is 0 Å². The molecule has 0 bridgehead atoms. The van der Waals surface area contributed by atoms with Crippen molar-refractivity contribution in [3.05, 3.63) is 51.2 Å². The van der Waals surface area contributed by atoms with Crippen LogP contribution in [0.5, 0.6) is 0 Å². The van der Waals surface area contributed by atoms with Crippen molar-refractivity contribution in [2.75, 3.05) is 19.0 Å². The summed E-state index contributed by atoms with van der Waals surface area (Å²) in [5.74, 6) is -0.538. The molecule has 2 N–H and O–H groups in total. The summed E-state index contributed by atoms with van der Waals surface area (Å²) in [5, 5.41) is 5.15. The highest BCUT2D eigenvalue weighted by Gasteiger charge is 2.21. The van der Waals surface area contributed by atoms with Crippen LogP contribution in [-0.4, -0.2) is 31.4 Å². The van der Waals surface area contributed by atoms with E-state index in [0.29, 0.717) is 22.0 Å². The van der Waals surface area contributed by atoms with Crippen molar-refractivity contribution < 1.29 is 19.1 Å². The lowest BCUT2D eigenvalue weighted by atomic mass is 9.90. The van der Waals surface area contributed by atoms with Gasteiger partial charge in [-0.2, -0.15) is 0 Å². The molecule has 0 radical (unpaired) electrons. The minimum atomic E-state index is -0.476. The number of nitrogens with one attached hydrogen (secondary N) is 2. The first-order chi connectivity index (χ1) is 13.0. The third kappa shape index (κ3) is 4.74. The van der Waals surface area contributed by atoms with Gasteiger partial charge in [0.05, 0.1) is 0 Å². The van der Waals surface area contributed by atoms with Crippen LogP contribution in [0.1, 0.15) is 43.8 Å². The maximum atomic E-state index is 12.2. The van der Waals surface area contributed by atoms with Gasteiger partial charge in [-0.1, -0.05) is 13.0 Å². The number of hydrogen-bond donors (Lipinski definition) is 2. The Labute approximate surface area is 161 Å². The van der Waals surface area contributed by atoms with Crippen LogP contribution in [-0.2, 0) is 22.4 Å². The Balaban J connectivity index is 1.55. The highest BCUT2D eigenvalue weighted by molar-refractivity contribution is 7.14. The average molecular weight is 386 g/mol. The van der Waals surface area contributed by atoms with Gasteiger partial charge in [0.1, 0.15) is 4.88 Å². The fraction of sp³-hybridized carbons (Fsp3) is 0.350. The second-order valence-electron chi connectivity index (χ2n) is 6.69. The number of rotatable bonds is 5. The molecule has 1 aliphatic carbocycles. The molecule has 3 rings (SSSR count). The Morgan fingerprint density at radius 1 is 1.26 bits per heavy atom. The number of ether oxygens (including phenoxy) is 1. The maximum absolute atomic E-state index is 12.2. The number of esters is 1. The smallest absolute Gasteiger partial charge is 0.348 e. The van der Waals surface area contributed by atoms with Crippen molar-refractivity contribution in [2.24, 2.45) is 5.92 Å². The molecule has 1 heterocycles. The molecule has 7 heteroatoms. The normalized spacial score (nSPS) is 15.6. The Bertz CT molecular complexity index is 875. The lowest BCUT2D eigenvalue weighted by Crippen LogP contribution is -2.21. The summed E-state index contributed by atoms with van der Waals surface area (Å²) in [7, 11) is 1.54. The highest BCUT2D eigenvalue weighted by Crippen LogP contribution is 2.32. The number of thiophene rings is 1. The average Bonchev–Trinajstić information content (AvgIpc) is 3.09. The van der Waals surface area contributed by atoms with Crippen LogP contribution >= 0.6 is 11.3 Å². The quantitative estimate of drug-likeness (QED) is 0.774. The largest absolute Gasteiger partial charge is 0.451 e. The first-order valence-electron chi connectivity index (χ1n) is 8.87. The summed E-state index contributed by atoms with van der Waals surface area (Å²) in [6.45, 7) is 1.84. The summed E-state index contributed by atoms with van der Waals surface area (Å²) < 4.78 is 5.15. The van der Waals surface area contributed by atoms with Gasteiger partial charge in [-0.25, -0.2) is 4.79 Å². The number of anilines is 1. The van der Waals surface area contributed by atoms with E-state index >= 15 is 0 Å². The van der Waals surface area contributed by atoms with E-state index in [0.717, 1.165) is 19.3 Å². The predicted octanol–water partition coefficient (Wildman–Crippen LogP) is 3.03. The molecule has 0 unspecified atom stereocenters. The van der Waals surface area contributed by atoms with E-state index in [4.69, 9.17) is 4.74 Å². The van der Waals surface area contributed by atoms with Crippen LogP contribution in [0.2, 0.25) is 0 Å². The van der Waals surface area contributed by atoms with Gasteiger partial charge in [-0.3, -0.25) is 9.59 Å². The van der Waals surface area contributed by atoms with Crippen LogP contribution in [0.25, 0.3) is 0 Å². The number of carbonyl (C=O) groups is 3. The summed E-state index contributed by atoms with van der Waals surface area (Å²) in [4.78, 5) is 37.7. The Hall–Kier alpha value is -2.67. The fourth-order valence-corrected chi connectivity index (χ4v) is 4.19. The van der Waals surface area contributed by atoms with E-state index in [2.05, 4.69) is 17.6 Å². The first kappa shape index (κ1) is 19.1. The molecule has 142 valence electrons. The highest BCUT2D eigenvalue weighted by atomic mass is 32.1. The standard InChI is InChI=1S/C20H22N2O4S/c1-12-6-7-16-14(8-12)10-17(27-16)20(25)26-11-18(23)22-15-5-3-4-13(9-15)19(24)21-2/h3-5,9-10,12H,6-8,11H2,1-2H3,(H,21,24)(H,22,23)/t12-/m0/s1. The van der Waals surface area contributed by atoms with E-state index in [-0.39, 0.29) is 12.5 Å². The molecule has 27 heavy (non-hydrogen) atoms. The topological polar surface area (TPSA) is 84.5 Å². The Morgan fingerprint density at radius 2 is 2.07 bits per heavy atom. The molecule has 1 aromatic carbocycles. The van der Waals surface area contributed by atoms with Crippen molar-refractivity contribution in [1.29, 1.82) is 0 Å². The van der Waals surface area contributed by atoms with E-state index in [1.165, 1.54) is 28.8 Å². The van der Waals surface area contributed by atoms with Gasteiger partial charge in [-0.15, -0.1) is 11.3 Å². The second-order valence-corrected chi connectivity index (χ2v) is 7.83. The van der Waals surface area contributed by atoms with Crippen LogP contribution in [0, 0.1) is 5.92 Å². The summed E-state index contributed by atoms with van der Waals surface area (Å²) >= 11 is 1.46. The minimum absolute atomic E-state index is 0.242. The zero-order valence-corrected chi connectivity index (χ0v) is 16.2. The Kier molecular flexibility index (Phi) is 5.91. The molecule has 2 amide bonds.